The van der Waals surface area contributed by atoms with Gasteiger partial charge in [-0.25, -0.2) is 21.6 Å². The molecule has 0 fully saturated rings. The first-order valence-corrected chi connectivity index (χ1v) is 10.6. The fourth-order valence-corrected chi connectivity index (χ4v) is 4.34. The number of benzene rings is 1. The second kappa shape index (κ2) is 7.10. The Morgan fingerprint density at radius 3 is 1.95 bits per heavy atom. The molecule has 0 saturated heterocycles. The summed E-state index contributed by atoms with van der Waals surface area (Å²) in [6.45, 7) is 6.29. The van der Waals surface area contributed by atoms with Crippen molar-refractivity contribution in [2.45, 2.75) is 38.4 Å². The first-order chi connectivity index (χ1) is 9.95. The summed E-state index contributed by atoms with van der Waals surface area (Å²) in [7, 11) is -5.34. The van der Waals surface area contributed by atoms with Gasteiger partial charge in [-0.2, -0.15) is 0 Å². The maximum Gasteiger partial charge on any atom is 0.211 e. The number of hydrogen-bond acceptors (Lipinski definition) is 4. The van der Waals surface area contributed by atoms with Crippen LogP contribution in [-0.2, 0) is 31.0 Å². The molecule has 1 rings (SSSR count). The van der Waals surface area contributed by atoms with Crippen molar-refractivity contribution >= 4 is 19.9 Å². The van der Waals surface area contributed by atoms with Crippen molar-refractivity contribution in [3.63, 3.8) is 0 Å². The van der Waals surface area contributed by atoms with Gasteiger partial charge >= 0.3 is 0 Å². The van der Waals surface area contributed by atoms with Gasteiger partial charge in [-0.3, -0.25) is 0 Å². The molecule has 0 heterocycles. The van der Waals surface area contributed by atoms with Crippen LogP contribution in [0.25, 0.3) is 0 Å². The van der Waals surface area contributed by atoms with Gasteiger partial charge in [0.05, 0.1) is 17.3 Å². The van der Waals surface area contributed by atoms with E-state index in [1.807, 2.05) is 24.3 Å². The highest BCUT2D eigenvalue weighted by Gasteiger charge is 2.16. The molecule has 1 N–H and O–H groups in total. The van der Waals surface area contributed by atoms with Crippen molar-refractivity contribution in [3.8, 4) is 0 Å². The van der Waals surface area contributed by atoms with Crippen LogP contribution < -0.4 is 4.72 Å². The molecule has 5 nitrogen and oxygen atoms in total. The Labute approximate surface area is 134 Å². The Morgan fingerprint density at radius 2 is 1.50 bits per heavy atom. The van der Waals surface area contributed by atoms with Crippen LogP contribution in [0.1, 0.15) is 38.3 Å². The number of sulfone groups is 1. The summed E-state index contributed by atoms with van der Waals surface area (Å²) < 4.78 is 48.8. The Morgan fingerprint density at radius 1 is 0.955 bits per heavy atom. The summed E-state index contributed by atoms with van der Waals surface area (Å²) in [5, 5.41) is 0. The highest BCUT2D eigenvalue weighted by molar-refractivity contribution is 7.91. The van der Waals surface area contributed by atoms with E-state index in [0.717, 1.165) is 11.1 Å². The predicted octanol–water partition coefficient (Wildman–Crippen LogP) is 1.84. The SMILES string of the molecule is CNS(=O)(=O)CCCS(=O)(=O)Cc1ccc(C(C)(C)C)cc1. The van der Waals surface area contributed by atoms with E-state index in [0.29, 0.717) is 0 Å². The van der Waals surface area contributed by atoms with Crippen molar-refractivity contribution in [1.29, 1.82) is 0 Å². The minimum atomic E-state index is -3.35. The second-order valence-corrected chi connectivity index (χ2v) is 10.6. The van der Waals surface area contributed by atoms with E-state index in [4.69, 9.17) is 0 Å². The molecule has 0 aliphatic rings. The monoisotopic (exact) mass is 347 g/mol. The molecule has 0 radical (unpaired) electrons. The zero-order valence-electron chi connectivity index (χ0n) is 13.6. The number of rotatable bonds is 7. The second-order valence-electron chi connectivity index (χ2n) is 6.42. The van der Waals surface area contributed by atoms with Crippen LogP contribution in [0.4, 0.5) is 0 Å². The zero-order chi connectivity index (χ0) is 17.0. The molecule has 0 spiro atoms. The van der Waals surface area contributed by atoms with E-state index in [1.165, 1.54) is 7.05 Å². The van der Waals surface area contributed by atoms with Gasteiger partial charge in [0.2, 0.25) is 10.0 Å². The van der Waals surface area contributed by atoms with Gasteiger partial charge in [0, 0.05) is 0 Å². The third-order valence-corrected chi connectivity index (χ3v) is 6.52. The zero-order valence-corrected chi connectivity index (χ0v) is 15.2. The summed E-state index contributed by atoms with van der Waals surface area (Å²) in [6.07, 6.45) is 0.103. The van der Waals surface area contributed by atoms with E-state index < -0.39 is 19.9 Å². The van der Waals surface area contributed by atoms with E-state index >= 15 is 0 Å². The van der Waals surface area contributed by atoms with Gasteiger partial charge in [0.25, 0.3) is 0 Å². The Kier molecular flexibility index (Phi) is 6.18. The third kappa shape index (κ3) is 6.46. The van der Waals surface area contributed by atoms with Crippen molar-refractivity contribution < 1.29 is 16.8 Å². The Bertz CT molecular complexity index is 684. The summed E-state index contributed by atoms with van der Waals surface area (Å²) in [5.41, 5.74) is 1.90. The maximum absolute atomic E-state index is 12.0. The van der Waals surface area contributed by atoms with Crippen molar-refractivity contribution in [1.82, 2.24) is 4.72 Å². The average molecular weight is 348 g/mol. The van der Waals surface area contributed by atoms with Crippen LogP contribution in [0.5, 0.6) is 0 Å². The third-order valence-electron chi connectivity index (χ3n) is 3.39. The standard InChI is InChI=1S/C15H25NO4S2/c1-15(2,3)14-8-6-13(7-9-14)12-21(17,18)10-5-11-22(19,20)16-4/h6-9,16H,5,10-12H2,1-4H3. The average Bonchev–Trinajstić information content (AvgIpc) is 2.37. The fourth-order valence-electron chi connectivity index (χ4n) is 2.00. The largest absolute Gasteiger partial charge is 0.228 e. The van der Waals surface area contributed by atoms with Crippen LogP contribution in [-0.4, -0.2) is 35.4 Å². The number of nitrogens with one attached hydrogen (secondary N) is 1. The highest BCUT2D eigenvalue weighted by atomic mass is 32.2. The van der Waals surface area contributed by atoms with E-state index in [-0.39, 0.29) is 29.1 Å². The Balaban J connectivity index is 2.65. The van der Waals surface area contributed by atoms with Gasteiger partial charge < -0.3 is 0 Å². The predicted molar refractivity (Wildman–Crippen MR) is 90.1 cm³/mol. The lowest BCUT2D eigenvalue weighted by atomic mass is 9.87. The molecule has 0 atom stereocenters. The van der Waals surface area contributed by atoms with Crippen molar-refractivity contribution in [2.24, 2.45) is 0 Å². The van der Waals surface area contributed by atoms with E-state index in [2.05, 4.69) is 25.5 Å². The van der Waals surface area contributed by atoms with E-state index in [9.17, 15) is 16.8 Å². The summed E-state index contributed by atoms with van der Waals surface area (Å²) in [4.78, 5) is 0. The van der Waals surface area contributed by atoms with Gasteiger partial charge in [0.15, 0.2) is 9.84 Å². The molecule has 1 aromatic rings. The summed E-state index contributed by atoms with van der Waals surface area (Å²) >= 11 is 0. The first kappa shape index (κ1) is 19.1. The molecule has 0 aliphatic carbocycles. The molecule has 0 saturated carbocycles. The minimum Gasteiger partial charge on any atom is -0.228 e. The van der Waals surface area contributed by atoms with Gasteiger partial charge in [-0.1, -0.05) is 45.0 Å². The topological polar surface area (TPSA) is 80.3 Å². The molecule has 0 bridgehead atoms. The van der Waals surface area contributed by atoms with Gasteiger partial charge in [0.1, 0.15) is 0 Å². The molecule has 126 valence electrons. The quantitative estimate of drug-likeness (QED) is 0.816. The lowest BCUT2D eigenvalue weighted by molar-refractivity contribution is 0.584. The molecule has 0 aromatic heterocycles. The van der Waals surface area contributed by atoms with Crippen LogP contribution in [0.3, 0.4) is 0 Å². The highest BCUT2D eigenvalue weighted by Crippen LogP contribution is 2.22. The van der Waals surface area contributed by atoms with Crippen molar-refractivity contribution in [2.75, 3.05) is 18.6 Å². The molecular weight excluding hydrogens is 322 g/mol. The fraction of sp³-hybridized carbons (Fsp3) is 0.600. The van der Waals surface area contributed by atoms with Gasteiger partial charge in [-0.15, -0.1) is 0 Å². The van der Waals surface area contributed by atoms with Crippen molar-refractivity contribution in [3.05, 3.63) is 35.4 Å². The van der Waals surface area contributed by atoms with Gasteiger partial charge in [-0.05, 0) is 30.0 Å². The smallest absolute Gasteiger partial charge is 0.211 e. The molecule has 1 aromatic carbocycles. The molecule has 22 heavy (non-hydrogen) atoms. The summed E-state index contributed by atoms with van der Waals surface area (Å²) in [6, 6.07) is 7.53. The molecule has 0 unspecified atom stereocenters. The van der Waals surface area contributed by atoms with Crippen LogP contribution in [0, 0.1) is 0 Å². The number of hydrogen-bond donors (Lipinski definition) is 1. The lowest BCUT2D eigenvalue weighted by Gasteiger charge is -2.19. The van der Waals surface area contributed by atoms with Crippen LogP contribution in [0.2, 0.25) is 0 Å². The molecular formula is C15H25NO4S2. The Hall–Kier alpha value is -0.920. The molecule has 0 aliphatic heterocycles. The summed E-state index contributed by atoms with van der Waals surface area (Å²) in [5.74, 6) is -0.363. The first-order valence-electron chi connectivity index (χ1n) is 7.16. The van der Waals surface area contributed by atoms with Crippen LogP contribution >= 0.6 is 0 Å². The number of sulfonamides is 1. The van der Waals surface area contributed by atoms with Crippen LogP contribution in [0.15, 0.2) is 24.3 Å². The minimum absolute atomic E-state index is 0.0267. The maximum atomic E-state index is 12.0. The van der Waals surface area contributed by atoms with E-state index in [1.54, 1.807) is 0 Å². The lowest BCUT2D eigenvalue weighted by Crippen LogP contribution is -2.23. The molecule has 0 amide bonds. The molecule has 7 heteroatoms. The normalized spacial score (nSPS) is 13.3.